The third-order valence-corrected chi connectivity index (χ3v) is 3.42. The minimum atomic E-state index is -0.247. The number of Topliss-reactive ketones (excluding diaryl/α,β-unsaturated/α-hetero) is 1. The van der Waals surface area contributed by atoms with Gasteiger partial charge in [0, 0.05) is 11.8 Å². The van der Waals surface area contributed by atoms with Crippen molar-refractivity contribution in [2.24, 2.45) is 17.8 Å². The zero-order valence-electron chi connectivity index (χ0n) is 11.2. The van der Waals surface area contributed by atoms with Crippen LogP contribution in [0, 0.1) is 17.8 Å². The Kier molecular flexibility index (Phi) is 5.31. The van der Waals surface area contributed by atoms with Gasteiger partial charge in [-0.2, -0.15) is 0 Å². The first-order valence-electron chi connectivity index (χ1n) is 6.34. The summed E-state index contributed by atoms with van der Waals surface area (Å²) in [6, 6.07) is 0. The van der Waals surface area contributed by atoms with E-state index >= 15 is 0 Å². The molecule has 0 bridgehead atoms. The fraction of sp³-hybridized carbons (Fsp3) is 0.769. The van der Waals surface area contributed by atoms with Crippen LogP contribution in [-0.4, -0.2) is 31.3 Å². The van der Waals surface area contributed by atoms with Gasteiger partial charge < -0.3 is 10.1 Å². The second-order valence-corrected chi connectivity index (χ2v) is 5.07. The third kappa shape index (κ3) is 3.82. The summed E-state index contributed by atoms with van der Waals surface area (Å²) in [5.74, 6) is -0.776. The van der Waals surface area contributed by atoms with Gasteiger partial charge in [0.25, 0.3) is 0 Å². The van der Waals surface area contributed by atoms with E-state index in [2.05, 4.69) is 10.1 Å². The molecule has 0 aromatic carbocycles. The van der Waals surface area contributed by atoms with E-state index in [1.807, 2.05) is 0 Å². The molecule has 18 heavy (non-hydrogen) atoms. The molecular weight excluding hydrogens is 234 g/mol. The monoisotopic (exact) mass is 255 g/mol. The molecule has 1 rings (SSSR count). The predicted molar refractivity (Wildman–Crippen MR) is 65.7 cm³/mol. The summed E-state index contributed by atoms with van der Waals surface area (Å²) in [7, 11) is 1.36. The van der Waals surface area contributed by atoms with Gasteiger partial charge in [0.05, 0.1) is 19.6 Å². The Labute approximate surface area is 107 Å². The SMILES string of the molecule is COC(=O)[C@H]1CC[C@@H](C(=O)NCC(=O)C(C)C)C1. The van der Waals surface area contributed by atoms with Crippen LogP contribution in [-0.2, 0) is 19.1 Å². The number of nitrogens with one attached hydrogen (secondary N) is 1. The van der Waals surface area contributed by atoms with Crippen LogP contribution in [0.1, 0.15) is 33.1 Å². The fourth-order valence-electron chi connectivity index (χ4n) is 2.12. The van der Waals surface area contributed by atoms with E-state index in [0.717, 1.165) is 0 Å². The van der Waals surface area contributed by atoms with Crippen molar-refractivity contribution in [2.75, 3.05) is 13.7 Å². The summed E-state index contributed by atoms with van der Waals surface area (Å²) in [4.78, 5) is 34.5. The number of ether oxygens (including phenoxy) is 1. The number of carbonyl (C=O) groups is 3. The molecule has 5 heteroatoms. The molecule has 1 N–H and O–H groups in total. The highest BCUT2D eigenvalue weighted by Crippen LogP contribution is 2.31. The number of hydrogen-bond acceptors (Lipinski definition) is 4. The van der Waals surface area contributed by atoms with Crippen molar-refractivity contribution < 1.29 is 19.1 Å². The van der Waals surface area contributed by atoms with E-state index < -0.39 is 0 Å². The summed E-state index contributed by atoms with van der Waals surface area (Å²) in [6.45, 7) is 3.69. The first-order chi connectivity index (χ1) is 8.45. The van der Waals surface area contributed by atoms with Gasteiger partial charge in [0.2, 0.25) is 5.91 Å². The molecule has 0 heterocycles. The Morgan fingerprint density at radius 3 is 2.39 bits per heavy atom. The molecule has 0 aromatic rings. The zero-order chi connectivity index (χ0) is 13.7. The van der Waals surface area contributed by atoms with E-state index in [0.29, 0.717) is 19.3 Å². The van der Waals surface area contributed by atoms with Crippen LogP contribution in [0.25, 0.3) is 0 Å². The van der Waals surface area contributed by atoms with Gasteiger partial charge in [-0.25, -0.2) is 0 Å². The number of amides is 1. The zero-order valence-corrected chi connectivity index (χ0v) is 11.2. The van der Waals surface area contributed by atoms with E-state index in [1.54, 1.807) is 13.8 Å². The largest absolute Gasteiger partial charge is 0.469 e. The standard InChI is InChI=1S/C13H21NO4/c1-8(2)11(15)7-14-12(16)9-4-5-10(6-9)13(17)18-3/h8-10H,4-7H2,1-3H3,(H,14,16)/t9-,10+/m1/s1. The highest BCUT2D eigenvalue weighted by atomic mass is 16.5. The van der Waals surface area contributed by atoms with Gasteiger partial charge in [-0.3, -0.25) is 14.4 Å². The van der Waals surface area contributed by atoms with Crippen molar-refractivity contribution in [3.05, 3.63) is 0 Å². The van der Waals surface area contributed by atoms with Gasteiger partial charge >= 0.3 is 5.97 Å². The maximum atomic E-state index is 11.8. The first-order valence-corrected chi connectivity index (χ1v) is 6.34. The minimum absolute atomic E-state index is 0.0193. The summed E-state index contributed by atoms with van der Waals surface area (Å²) in [6.07, 6.45) is 1.89. The van der Waals surface area contributed by atoms with Crippen LogP contribution >= 0.6 is 0 Å². The summed E-state index contributed by atoms with van der Waals surface area (Å²) in [5, 5.41) is 2.64. The van der Waals surface area contributed by atoms with E-state index in [1.165, 1.54) is 7.11 Å². The second kappa shape index (κ2) is 6.52. The molecule has 0 radical (unpaired) electrons. The maximum Gasteiger partial charge on any atom is 0.308 e. The number of methoxy groups -OCH3 is 1. The quantitative estimate of drug-likeness (QED) is 0.741. The molecule has 0 saturated heterocycles. The van der Waals surface area contributed by atoms with Crippen LogP contribution in [0.5, 0.6) is 0 Å². The molecule has 0 aromatic heterocycles. The van der Waals surface area contributed by atoms with Crippen LogP contribution in [0.15, 0.2) is 0 Å². The van der Waals surface area contributed by atoms with Gasteiger partial charge in [-0.1, -0.05) is 13.8 Å². The Balaban J connectivity index is 2.36. The molecular formula is C13H21NO4. The molecule has 0 aliphatic heterocycles. The molecule has 0 unspecified atom stereocenters. The van der Waals surface area contributed by atoms with E-state index in [-0.39, 0.29) is 42.0 Å². The van der Waals surface area contributed by atoms with Gasteiger partial charge in [0.15, 0.2) is 5.78 Å². The molecule has 2 atom stereocenters. The second-order valence-electron chi connectivity index (χ2n) is 5.07. The van der Waals surface area contributed by atoms with Gasteiger partial charge in [-0.05, 0) is 19.3 Å². The number of carbonyl (C=O) groups excluding carboxylic acids is 3. The van der Waals surface area contributed by atoms with Crippen molar-refractivity contribution in [3.63, 3.8) is 0 Å². The Morgan fingerprint density at radius 1 is 1.22 bits per heavy atom. The van der Waals surface area contributed by atoms with E-state index in [4.69, 9.17) is 0 Å². The normalized spacial score (nSPS) is 22.9. The van der Waals surface area contributed by atoms with Crippen LogP contribution in [0.2, 0.25) is 0 Å². The molecule has 1 amide bonds. The third-order valence-electron chi connectivity index (χ3n) is 3.42. The summed E-state index contributed by atoms with van der Waals surface area (Å²) in [5.41, 5.74) is 0. The number of ketones is 1. The lowest BCUT2D eigenvalue weighted by Gasteiger charge is -2.11. The molecule has 0 spiro atoms. The summed E-state index contributed by atoms with van der Waals surface area (Å²) >= 11 is 0. The Hall–Kier alpha value is -1.39. The van der Waals surface area contributed by atoms with E-state index in [9.17, 15) is 14.4 Å². The molecule has 102 valence electrons. The van der Waals surface area contributed by atoms with Crippen LogP contribution < -0.4 is 5.32 Å². The van der Waals surface area contributed by atoms with Gasteiger partial charge in [0.1, 0.15) is 0 Å². The molecule has 1 fully saturated rings. The predicted octanol–water partition coefficient (Wildman–Crippen LogP) is 0.917. The smallest absolute Gasteiger partial charge is 0.308 e. The molecule has 5 nitrogen and oxygen atoms in total. The highest BCUT2D eigenvalue weighted by molar-refractivity contribution is 5.88. The van der Waals surface area contributed by atoms with Crippen molar-refractivity contribution in [1.82, 2.24) is 5.32 Å². The Morgan fingerprint density at radius 2 is 1.83 bits per heavy atom. The number of esters is 1. The van der Waals surface area contributed by atoms with Crippen LogP contribution in [0.4, 0.5) is 0 Å². The lowest BCUT2D eigenvalue weighted by molar-refractivity contribution is -0.145. The number of rotatable bonds is 5. The molecule has 1 aliphatic rings. The molecule has 1 saturated carbocycles. The highest BCUT2D eigenvalue weighted by Gasteiger charge is 2.34. The van der Waals surface area contributed by atoms with Gasteiger partial charge in [-0.15, -0.1) is 0 Å². The Bertz CT molecular complexity index is 338. The number of hydrogen-bond donors (Lipinski definition) is 1. The summed E-state index contributed by atoms with van der Waals surface area (Å²) < 4.78 is 4.67. The fourth-order valence-corrected chi connectivity index (χ4v) is 2.12. The van der Waals surface area contributed by atoms with Crippen LogP contribution in [0.3, 0.4) is 0 Å². The minimum Gasteiger partial charge on any atom is -0.469 e. The average molecular weight is 255 g/mol. The maximum absolute atomic E-state index is 11.8. The topological polar surface area (TPSA) is 72.5 Å². The first kappa shape index (κ1) is 14.7. The van der Waals surface area contributed by atoms with Crippen molar-refractivity contribution >= 4 is 17.7 Å². The van der Waals surface area contributed by atoms with Crippen molar-refractivity contribution in [2.45, 2.75) is 33.1 Å². The average Bonchev–Trinajstić information content (AvgIpc) is 2.83. The molecule has 1 aliphatic carbocycles. The lowest BCUT2D eigenvalue weighted by Crippen LogP contribution is -2.35. The van der Waals surface area contributed by atoms with Crippen molar-refractivity contribution in [3.8, 4) is 0 Å². The lowest BCUT2D eigenvalue weighted by atomic mass is 10.0. The van der Waals surface area contributed by atoms with Crippen molar-refractivity contribution in [1.29, 1.82) is 0 Å².